The van der Waals surface area contributed by atoms with Crippen LogP contribution in [0.25, 0.3) is 5.65 Å². The van der Waals surface area contributed by atoms with Crippen LogP contribution in [0.15, 0.2) is 12.3 Å². The van der Waals surface area contributed by atoms with E-state index in [0.29, 0.717) is 12.4 Å². The van der Waals surface area contributed by atoms with Gasteiger partial charge in [0.15, 0.2) is 11.4 Å². The molecule has 1 fully saturated rings. The summed E-state index contributed by atoms with van der Waals surface area (Å²) in [6, 6.07) is 1.91. The van der Waals surface area contributed by atoms with Crippen molar-refractivity contribution in [1.29, 1.82) is 0 Å². The zero-order valence-electron chi connectivity index (χ0n) is 11.9. The molecular formula is C15H18F2N2O. The number of hydrogen-bond donors (Lipinski definition) is 0. The van der Waals surface area contributed by atoms with Crippen molar-refractivity contribution in [2.75, 3.05) is 6.61 Å². The van der Waals surface area contributed by atoms with Crippen LogP contribution < -0.4 is 4.74 Å². The average molecular weight is 280 g/mol. The van der Waals surface area contributed by atoms with E-state index in [1.54, 1.807) is 0 Å². The number of ether oxygens (including phenoxy) is 1. The summed E-state index contributed by atoms with van der Waals surface area (Å²) in [6.45, 7) is 6.27. The minimum atomic E-state index is -2.49. The van der Waals surface area contributed by atoms with E-state index >= 15 is 0 Å². The fourth-order valence-corrected chi connectivity index (χ4v) is 2.69. The normalized spacial score (nSPS) is 18.2. The van der Waals surface area contributed by atoms with E-state index in [2.05, 4.69) is 4.98 Å². The van der Waals surface area contributed by atoms with Gasteiger partial charge in [0, 0.05) is 30.7 Å². The highest BCUT2D eigenvalue weighted by Gasteiger charge is 2.45. The Kier molecular flexibility index (Phi) is 2.96. The Morgan fingerprint density at radius 3 is 2.70 bits per heavy atom. The lowest BCUT2D eigenvalue weighted by molar-refractivity contribution is -0.119. The van der Waals surface area contributed by atoms with Crippen molar-refractivity contribution in [2.45, 2.75) is 39.5 Å². The van der Waals surface area contributed by atoms with Gasteiger partial charge < -0.3 is 9.14 Å². The molecule has 2 heterocycles. The van der Waals surface area contributed by atoms with Gasteiger partial charge >= 0.3 is 0 Å². The molecule has 108 valence electrons. The molecule has 0 spiro atoms. The zero-order chi connectivity index (χ0) is 14.5. The third-order valence-corrected chi connectivity index (χ3v) is 3.95. The first-order valence-electron chi connectivity index (χ1n) is 6.82. The standard InChI is InChI=1S/C15H18F2N2O/c1-9-4-13(20-8-12-5-15(16,17)6-12)14-18-10(2)11(3)19(14)7-9/h4,7,12H,5-6,8H2,1-3H3. The second-order valence-corrected chi connectivity index (χ2v) is 5.80. The second kappa shape index (κ2) is 4.43. The molecule has 2 aromatic rings. The summed E-state index contributed by atoms with van der Waals surface area (Å²) in [4.78, 5) is 4.49. The number of hydrogen-bond acceptors (Lipinski definition) is 2. The number of fused-ring (bicyclic) bond motifs is 1. The first-order valence-corrected chi connectivity index (χ1v) is 6.82. The second-order valence-electron chi connectivity index (χ2n) is 5.80. The van der Waals surface area contributed by atoms with E-state index in [-0.39, 0.29) is 18.8 Å². The molecule has 3 nitrogen and oxygen atoms in total. The molecule has 1 saturated carbocycles. The number of aromatic nitrogens is 2. The fourth-order valence-electron chi connectivity index (χ4n) is 2.69. The molecule has 1 aliphatic rings. The van der Waals surface area contributed by atoms with E-state index < -0.39 is 5.92 Å². The lowest BCUT2D eigenvalue weighted by Gasteiger charge is -2.34. The van der Waals surface area contributed by atoms with Crippen LogP contribution in [0.3, 0.4) is 0 Å². The summed E-state index contributed by atoms with van der Waals surface area (Å²) in [5.74, 6) is -1.87. The van der Waals surface area contributed by atoms with Gasteiger partial charge in [0.1, 0.15) is 0 Å². The molecule has 5 heteroatoms. The van der Waals surface area contributed by atoms with Crippen molar-refractivity contribution in [3.8, 4) is 5.75 Å². The molecular weight excluding hydrogens is 262 g/mol. The Bertz CT molecular complexity index is 655. The fraction of sp³-hybridized carbons (Fsp3) is 0.533. The number of aryl methyl sites for hydroxylation is 3. The number of rotatable bonds is 3. The molecule has 20 heavy (non-hydrogen) atoms. The van der Waals surface area contributed by atoms with Gasteiger partial charge in [0.05, 0.1) is 12.3 Å². The van der Waals surface area contributed by atoms with Crippen molar-refractivity contribution < 1.29 is 13.5 Å². The Labute approximate surface area is 116 Å². The van der Waals surface area contributed by atoms with E-state index in [1.165, 1.54) is 0 Å². The molecule has 0 atom stereocenters. The molecule has 0 radical (unpaired) electrons. The molecule has 0 unspecified atom stereocenters. The molecule has 0 amide bonds. The maximum Gasteiger partial charge on any atom is 0.248 e. The molecule has 0 N–H and O–H groups in total. The quantitative estimate of drug-likeness (QED) is 0.857. The summed E-state index contributed by atoms with van der Waals surface area (Å²) < 4.78 is 33.4. The van der Waals surface area contributed by atoms with Crippen LogP contribution in [0.1, 0.15) is 29.8 Å². The average Bonchev–Trinajstić information content (AvgIpc) is 2.61. The van der Waals surface area contributed by atoms with Gasteiger partial charge in [-0.1, -0.05) is 0 Å². The summed E-state index contributed by atoms with van der Waals surface area (Å²) in [5.41, 5.74) is 3.85. The lowest BCUT2D eigenvalue weighted by atomic mass is 9.82. The highest BCUT2D eigenvalue weighted by Crippen LogP contribution is 2.42. The van der Waals surface area contributed by atoms with Gasteiger partial charge in [-0.15, -0.1) is 0 Å². The van der Waals surface area contributed by atoms with Crippen LogP contribution in [0, 0.1) is 26.7 Å². The number of imidazole rings is 1. The van der Waals surface area contributed by atoms with E-state index in [1.807, 2.05) is 37.4 Å². The van der Waals surface area contributed by atoms with Gasteiger partial charge in [-0.2, -0.15) is 0 Å². The molecule has 0 aliphatic heterocycles. The molecule has 2 aromatic heterocycles. The first-order chi connectivity index (χ1) is 9.35. The number of halogens is 2. The minimum Gasteiger partial charge on any atom is -0.489 e. The van der Waals surface area contributed by atoms with Crippen LogP contribution in [-0.2, 0) is 0 Å². The summed E-state index contributed by atoms with van der Waals surface area (Å²) >= 11 is 0. The number of alkyl halides is 2. The molecule has 0 bridgehead atoms. The Morgan fingerprint density at radius 1 is 1.35 bits per heavy atom. The SMILES string of the molecule is Cc1cc(OCC2CC(F)(F)C2)c2nc(C)c(C)n2c1. The monoisotopic (exact) mass is 280 g/mol. The van der Waals surface area contributed by atoms with E-state index in [0.717, 1.165) is 22.6 Å². The van der Waals surface area contributed by atoms with E-state index in [9.17, 15) is 8.78 Å². The topological polar surface area (TPSA) is 26.5 Å². The molecule has 0 saturated heterocycles. The molecule has 1 aliphatic carbocycles. The highest BCUT2D eigenvalue weighted by molar-refractivity contribution is 5.57. The van der Waals surface area contributed by atoms with Crippen LogP contribution in [0.4, 0.5) is 8.78 Å². The number of nitrogens with zero attached hydrogens (tertiary/aromatic N) is 2. The van der Waals surface area contributed by atoms with Gasteiger partial charge in [-0.3, -0.25) is 0 Å². The third kappa shape index (κ3) is 2.25. The lowest BCUT2D eigenvalue weighted by Crippen LogP contribution is -2.38. The van der Waals surface area contributed by atoms with Crippen molar-refractivity contribution in [2.24, 2.45) is 5.92 Å². The largest absolute Gasteiger partial charge is 0.489 e. The highest BCUT2D eigenvalue weighted by atomic mass is 19.3. The maximum absolute atomic E-state index is 12.8. The Morgan fingerprint density at radius 2 is 2.05 bits per heavy atom. The summed E-state index contributed by atoms with van der Waals surface area (Å²) in [7, 11) is 0. The summed E-state index contributed by atoms with van der Waals surface area (Å²) in [6.07, 6.45) is 1.87. The van der Waals surface area contributed by atoms with Gasteiger partial charge in [0.2, 0.25) is 5.92 Å². The minimum absolute atomic E-state index is 0.0530. The maximum atomic E-state index is 12.8. The van der Waals surface area contributed by atoms with Crippen molar-refractivity contribution in [3.63, 3.8) is 0 Å². The zero-order valence-corrected chi connectivity index (χ0v) is 11.9. The predicted octanol–water partition coefficient (Wildman–Crippen LogP) is 3.68. The van der Waals surface area contributed by atoms with Crippen LogP contribution in [0.2, 0.25) is 0 Å². The molecule has 3 rings (SSSR count). The Hall–Kier alpha value is -1.65. The van der Waals surface area contributed by atoms with Crippen molar-refractivity contribution in [3.05, 3.63) is 29.2 Å². The Balaban J connectivity index is 1.82. The molecule has 0 aromatic carbocycles. The van der Waals surface area contributed by atoms with E-state index in [4.69, 9.17) is 4.74 Å². The van der Waals surface area contributed by atoms with Crippen LogP contribution in [0.5, 0.6) is 5.75 Å². The smallest absolute Gasteiger partial charge is 0.248 e. The predicted molar refractivity (Wildman–Crippen MR) is 72.6 cm³/mol. The first kappa shape index (κ1) is 13.3. The van der Waals surface area contributed by atoms with Gasteiger partial charge in [-0.05, 0) is 32.4 Å². The van der Waals surface area contributed by atoms with Gasteiger partial charge in [-0.25, -0.2) is 13.8 Å². The van der Waals surface area contributed by atoms with Crippen LogP contribution in [-0.4, -0.2) is 21.9 Å². The van der Waals surface area contributed by atoms with Gasteiger partial charge in [0.25, 0.3) is 0 Å². The van der Waals surface area contributed by atoms with Crippen molar-refractivity contribution in [1.82, 2.24) is 9.38 Å². The third-order valence-electron chi connectivity index (χ3n) is 3.95. The van der Waals surface area contributed by atoms with Crippen molar-refractivity contribution >= 4 is 5.65 Å². The summed E-state index contributed by atoms with van der Waals surface area (Å²) in [5, 5.41) is 0. The number of pyridine rings is 1. The van der Waals surface area contributed by atoms with Crippen LogP contribution >= 0.6 is 0 Å².